The van der Waals surface area contributed by atoms with Gasteiger partial charge in [0.1, 0.15) is 5.75 Å². The van der Waals surface area contributed by atoms with Gasteiger partial charge in [0.25, 0.3) is 5.91 Å². The lowest BCUT2D eigenvalue weighted by Gasteiger charge is -2.37. The molecule has 1 unspecified atom stereocenters. The van der Waals surface area contributed by atoms with E-state index in [1.165, 1.54) is 0 Å². The maximum Gasteiger partial charge on any atom is 0.265 e. The second kappa shape index (κ2) is 10.4. The van der Waals surface area contributed by atoms with E-state index in [-0.39, 0.29) is 11.8 Å². The van der Waals surface area contributed by atoms with Gasteiger partial charge in [-0.05, 0) is 37.3 Å². The van der Waals surface area contributed by atoms with Crippen LogP contribution in [0.1, 0.15) is 20.3 Å². The Morgan fingerprint density at radius 1 is 1.06 bits per heavy atom. The average molecular weight is 485 g/mol. The largest absolute Gasteiger partial charge is 0.479 e. The van der Waals surface area contributed by atoms with E-state index < -0.39 is 6.10 Å². The highest BCUT2D eigenvalue weighted by atomic mass is 35.5. The first-order chi connectivity index (χ1) is 14.8. The molecule has 1 saturated heterocycles. The third-order valence-corrected chi connectivity index (χ3v) is 5.90. The van der Waals surface area contributed by atoms with Crippen LogP contribution in [0.15, 0.2) is 36.4 Å². The van der Waals surface area contributed by atoms with Crippen molar-refractivity contribution in [2.75, 3.05) is 36.4 Å². The lowest BCUT2D eigenvalue weighted by molar-refractivity contribution is -0.131. The molecule has 1 fully saturated rings. The Kier molecular flexibility index (Phi) is 7.92. The summed E-state index contributed by atoms with van der Waals surface area (Å²) in [5, 5.41) is 4.25. The first kappa shape index (κ1) is 23.5. The minimum absolute atomic E-state index is 0.138. The van der Waals surface area contributed by atoms with E-state index in [0.29, 0.717) is 59.1 Å². The zero-order chi connectivity index (χ0) is 22.5. The molecule has 9 heteroatoms. The lowest BCUT2D eigenvalue weighted by atomic mass is 10.2. The van der Waals surface area contributed by atoms with E-state index in [1.54, 1.807) is 43.3 Å². The van der Waals surface area contributed by atoms with Gasteiger partial charge in [0, 0.05) is 37.6 Å². The van der Waals surface area contributed by atoms with Crippen molar-refractivity contribution in [1.29, 1.82) is 0 Å². The maximum atomic E-state index is 12.8. The predicted molar refractivity (Wildman–Crippen MR) is 126 cm³/mol. The third kappa shape index (κ3) is 5.76. The molecular weight excluding hydrogens is 461 g/mol. The van der Waals surface area contributed by atoms with Crippen LogP contribution in [-0.4, -0.2) is 49.0 Å². The summed E-state index contributed by atoms with van der Waals surface area (Å²) in [4.78, 5) is 28.7. The highest BCUT2D eigenvalue weighted by Crippen LogP contribution is 2.35. The average Bonchev–Trinajstić information content (AvgIpc) is 2.75. The molecule has 166 valence electrons. The summed E-state index contributed by atoms with van der Waals surface area (Å²) in [6.07, 6.45) is -0.312. The van der Waals surface area contributed by atoms with Crippen LogP contribution in [0.5, 0.6) is 5.75 Å². The zero-order valence-electron chi connectivity index (χ0n) is 17.3. The summed E-state index contributed by atoms with van der Waals surface area (Å²) in [6, 6.07) is 10.2. The van der Waals surface area contributed by atoms with Crippen molar-refractivity contribution in [3.05, 3.63) is 51.5 Å². The summed E-state index contributed by atoms with van der Waals surface area (Å²) in [7, 11) is 0. The smallest absolute Gasteiger partial charge is 0.265 e. The van der Waals surface area contributed by atoms with E-state index in [0.717, 1.165) is 5.69 Å². The molecule has 31 heavy (non-hydrogen) atoms. The molecule has 2 aromatic rings. The fraction of sp³-hybridized carbons (Fsp3) is 0.364. The number of anilines is 2. The number of hydrogen-bond donors (Lipinski definition) is 1. The van der Waals surface area contributed by atoms with Gasteiger partial charge in [0.15, 0.2) is 6.10 Å². The maximum absolute atomic E-state index is 12.8. The van der Waals surface area contributed by atoms with Gasteiger partial charge in [-0.2, -0.15) is 0 Å². The predicted octanol–water partition coefficient (Wildman–Crippen LogP) is 5.11. The molecule has 6 nitrogen and oxygen atoms in total. The molecule has 2 aromatic carbocycles. The number of amides is 2. The third-order valence-electron chi connectivity index (χ3n) is 5.06. The SMILES string of the molecule is CCC(=O)N1CCN(c2c(Cl)cccc2NC(=O)C(C)Oc2ccc(Cl)cc2Cl)CC1. The van der Waals surface area contributed by atoms with E-state index in [2.05, 4.69) is 10.2 Å². The summed E-state index contributed by atoms with van der Waals surface area (Å²) in [5.74, 6) is 0.172. The number of nitrogens with one attached hydrogen (secondary N) is 1. The van der Waals surface area contributed by atoms with Gasteiger partial charge in [-0.15, -0.1) is 0 Å². The molecule has 1 aliphatic rings. The Hall–Kier alpha value is -2.15. The quantitative estimate of drug-likeness (QED) is 0.619. The van der Waals surface area contributed by atoms with Gasteiger partial charge in [0.05, 0.1) is 21.4 Å². The fourth-order valence-corrected chi connectivity index (χ4v) is 4.14. The molecule has 1 atom stereocenters. The number of nitrogens with zero attached hydrogens (tertiary/aromatic N) is 2. The number of hydrogen-bond acceptors (Lipinski definition) is 4. The molecule has 0 saturated carbocycles. The molecule has 1 aliphatic heterocycles. The van der Waals surface area contributed by atoms with Crippen molar-refractivity contribution in [3.63, 3.8) is 0 Å². The Morgan fingerprint density at radius 3 is 2.42 bits per heavy atom. The second-order valence-corrected chi connectivity index (χ2v) is 8.43. The summed E-state index contributed by atoms with van der Waals surface area (Å²) >= 11 is 18.5. The van der Waals surface area contributed by atoms with Crippen LogP contribution < -0.4 is 15.0 Å². The van der Waals surface area contributed by atoms with Crippen molar-refractivity contribution in [2.45, 2.75) is 26.4 Å². The molecular formula is C22H24Cl3N3O3. The lowest BCUT2D eigenvalue weighted by Crippen LogP contribution is -2.49. The number of rotatable bonds is 6. The summed E-state index contributed by atoms with van der Waals surface area (Å²) in [5.41, 5.74) is 1.32. The number of ether oxygens (including phenoxy) is 1. The van der Waals surface area contributed by atoms with Crippen LogP contribution in [0.2, 0.25) is 15.1 Å². The van der Waals surface area contributed by atoms with Gasteiger partial charge < -0.3 is 19.9 Å². The van der Waals surface area contributed by atoms with Crippen LogP contribution in [0.3, 0.4) is 0 Å². The molecule has 0 radical (unpaired) electrons. The molecule has 3 rings (SSSR count). The number of halogens is 3. The fourth-order valence-electron chi connectivity index (χ4n) is 3.39. The summed E-state index contributed by atoms with van der Waals surface area (Å²) < 4.78 is 5.71. The molecule has 0 aromatic heterocycles. The topological polar surface area (TPSA) is 61.9 Å². The van der Waals surface area contributed by atoms with E-state index in [9.17, 15) is 9.59 Å². The Balaban J connectivity index is 1.71. The minimum Gasteiger partial charge on any atom is -0.479 e. The van der Waals surface area contributed by atoms with Crippen LogP contribution >= 0.6 is 34.8 Å². The number of carbonyl (C=O) groups excluding carboxylic acids is 2. The highest BCUT2D eigenvalue weighted by Gasteiger charge is 2.25. The first-order valence-corrected chi connectivity index (χ1v) is 11.2. The van der Waals surface area contributed by atoms with E-state index >= 15 is 0 Å². The van der Waals surface area contributed by atoms with Crippen molar-refractivity contribution >= 4 is 58.0 Å². The number of piperazine rings is 1. The molecule has 0 bridgehead atoms. The molecule has 0 aliphatic carbocycles. The van der Waals surface area contributed by atoms with Crippen molar-refractivity contribution in [1.82, 2.24) is 4.90 Å². The van der Waals surface area contributed by atoms with E-state index in [4.69, 9.17) is 39.5 Å². The van der Waals surface area contributed by atoms with Gasteiger partial charge in [-0.1, -0.05) is 47.8 Å². The Bertz CT molecular complexity index is 962. The monoisotopic (exact) mass is 483 g/mol. The van der Waals surface area contributed by atoms with E-state index in [1.807, 2.05) is 11.8 Å². The van der Waals surface area contributed by atoms with Crippen LogP contribution in [0, 0.1) is 0 Å². The van der Waals surface area contributed by atoms with Gasteiger partial charge in [-0.25, -0.2) is 0 Å². The minimum atomic E-state index is -0.801. The van der Waals surface area contributed by atoms with Crippen molar-refractivity contribution < 1.29 is 14.3 Å². The molecule has 2 amide bonds. The molecule has 0 spiro atoms. The summed E-state index contributed by atoms with van der Waals surface area (Å²) in [6.45, 7) is 5.98. The van der Waals surface area contributed by atoms with Crippen molar-refractivity contribution in [3.8, 4) is 5.75 Å². The first-order valence-electron chi connectivity index (χ1n) is 10.0. The standard InChI is InChI=1S/C22H24Cl3N3O3/c1-3-20(29)27-9-11-28(12-10-27)21-16(24)5-4-6-18(21)26-22(30)14(2)31-19-8-7-15(23)13-17(19)25/h4-8,13-14H,3,9-12H2,1-2H3,(H,26,30). The highest BCUT2D eigenvalue weighted by molar-refractivity contribution is 6.35. The molecule has 1 N–H and O–H groups in total. The van der Waals surface area contributed by atoms with Crippen LogP contribution in [-0.2, 0) is 9.59 Å². The Morgan fingerprint density at radius 2 is 1.77 bits per heavy atom. The van der Waals surface area contributed by atoms with Crippen molar-refractivity contribution in [2.24, 2.45) is 0 Å². The van der Waals surface area contributed by atoms with Gasteiger partial charge >= 0.3 is 0 Å². The van der Waals surface area contributed by atoms with Crippen LogP contribution in [0.4, 0.5) is 11.4 Å². The molecule has 1 heterocycles. The second-order valence-electron chi connectivity index (χ2n) is 7.18. The number of benzene rings is 2. The van der Waals surface area contributed by atoms with Gasteiger partial charge in [-0.3, -0.25) is 9.59 Å². The number of carbonyl (C=O) groups is 2. The Labute approximate surface area is 197 Å². The normalized spacial score (nSPS) is 14.9. The van der Waals surface area contributed by atoms with Gasteiger partial charge in [0.2, 0.25) is 5.91 Å². The zero-order valence-corrected chi connectivity index (χ0v) is 19.6. The van der Waals surface area contributed by atoms with Crippen LogP contribution in [0.25, 0.3) is 0 Å². The number of para-hydroxylation sites is 1.